The molecule has 0 amide bonds. The summed E-state index contributed by atoms with van der Waals surface area (Å²) in [7, 11) is 0. The molecular formula is C29H30ClNO6. The van der Waals surface area contributed by atoms with Gasteiger partial charge in [0.05, 0.1) is 12.7 Å². The first kappa shape index (κ1) is 25.4. The van der Waals surface area contributed by atoms with Crippen molar-refractivity contribution in [2.45, 2.75) is 44.6 Å². The van der Waals surface area contributed by atoms with Crippen LogP contribution in [0.5, 0.6) is 11.5 Å². The molecule has 1 N–H and O–H groups in total. The summed E-state index contributed by atoms with van der Waals surface area (Å²) in [5.74, 6) is -0.720. The van der Waals surface area contributed by atoms with E-state index in [1.807, 2.05) is 50.2 Å². The minimum Gasteiger partial charge on any atom is -0.463 e. The standard InChI is InChI=1S/C29H30ClNO6/c1-16(2)34-10-11-35-29(33)26-17(3)31-22-12-19(20-6-4-5-7-21(20)30)13-23(32)28(22)27(26)18-8-9-24-25(14-18)37-15-36-24/h4-9,14,16,19,26-27,31H,3,10-13,15H2,1-2H3. The number of halogens is 1. The number of fused-ring (bicyclic) bond motifs is 1. The SMILES string of the molecule is C=C1NC2=C(C(=O)CC(c3ccccc3Cl)C2)C(c2ccc3c(c2)OCO3)C1C(=O)OCCOC(C)C. The molecule has 0 radical (unpaired) electrons. The molecule has 37 heavy (non-hydrogen) atoms. The number of benzene rings is 2. The fourth-order valence-corrected chi connectivity index (χ4v) is 5.63. The second-order valence-electron chi connectivity index (χ2n) is 9.75. The Morgan fingerprint density at radius 1 is 1.14 bits per heavy atom. The summed E-state index contributed by atoms with van der Waals surface area (Å²) in [5.41, 5.74) is 3.53. The maximum Gasteiger partial charge on any atom is 0.315 e. The smallest absolute Gasteiger partial charge is 0.315 e. The average molecular weight is 524 g/mol. The molecule has 1 aliphatic carbocycles. The second kappa shape index (κ2) is 10.6. The van der Waals surface area contributed by atoms with Crippen LogP contribution in [0.1, 0.15) is 49.7 Å². The van der Waals surface area contributed by atoms with E-state index >= 15 is 0 Å². The van der Waals surface area contributed by atoms with Gasteiger partial charge in [-0.25, -0.2) is 0 Å². The number of rotatable bonds is 7. The average Bonchev–Trinajstić information content (AvgIpc) is 3.33. The predicted molar refractivity (Wildman–Crippen MR) is 139 cm³/mol. The van der Waals surface area contributed by atoms with Gasteiger partial charge in [0.25, 0.3) is 0 Å². The molecule has 7 nitrogen and oxygen atoms in total. The van der Waals surface area contributed by atoms with Gasteiger partial charge in [0.15, 0.2) is 17.3 Å². The molecule has 8 heteroatoms. The quantitative estimate of drug-likeness (QED) is 0.392. The predicted octanol–water partition coefficient (Wildman–Crippen LogP) is 5.25. The van der Waals surface area contributed by atoms with E-state index in [1.165, 1.54) is 0 Å². The highest BCUT2D eigenvalue weighted by Gasteiger charge is 2.46. The number of ether oxygens (including phenoxy) is 4. The van der Waals surface area contributed by atoms with Gasteiger partial charge in [0.2, 0.25) is 6.79 Å². The van der Waals surface area contributed by atoms with Gasteiger partial charge in [-0.05, 0) is 55.5 Å². The molecule has 2 aliphatic heterocycles. The molecule has 5 rings (SSSR count). The molecule has 0 aromatic heterocycles. The van der Waals surface area contributed by atoms with Crippen LogP contribution in [0.2, 0.25) is 5.02 Å². The third-order valence-electron chi connectivity index (χ3n) is 6.97. The van der Waals surface area contributed by atoms with Crippen LogP contribution in [-0.2, 0) is 19.1 Å². The van der Waals surface area contributed by atoms with Crippen molar-refractivity contribution < 1.29 is 28.5 Å². The lowest BCUT2D eigenvalue weighted by Gasteiger charge is -2.40. The van der Waals surface area contributed by atoms with Crippen LogP contribution in [-0.4, -0.2) is 37.9 Å². The summed E-state index contributed by atoms with van der Waals surface area (Å²) in [5, 5.41) is 3.93. The first-order valence-corrected chi connectivity index (χ1v) is 12.9. The Bertz CT molecular complexity index is 1270. The largest absolute Gasteiger partial charge is 0.463 e. The molecule has 0 bridgehead atoms. The zero-order chi connectivity index (χ0) is 26.1. The number of esters is 1. The fraction of sp³-hybridized carbons (Fsp3) is 0.379. The monoisotopic (exact) mass is 523 g/mol. The molecule has 2 aromatic carbocycles. The summed E-state index contributed by atoms with van der Waals surface area (Å²) in [6, 6.07) is 13.1. The van der Waals surface area contributed by atoms with E-state index in [0.29, 0.717) is 40.6 Å². The molecule has 0 saturated heterocycles. The van der Waals surface area contributed by atoms with Gasteiger partial charge in [-0.1, -0.05) is 42.4 Å². The van der Waals surface area contributed by atoms with Crippen LogP contribution >= 0.6 is 11.6 Å². The van der Waals surface area contributed by atoms with Gasteiger partial charge < -0.3 is 24.3 Å². The van der Waals surface area contributed by atoms with E-state index in [-0.39, 0.29) is 37.8 Å². The molecule has 3 atom stereocenters. The highest BCUT2D eigenvalue weighted by molar-refractivity contribution is 6.31. The molecule has 194 valence electrons. The van der Waals surface area contributed by atoms with Gasteiger partial charge in [0, 0.05) is 34.3 Å². The maximum absolute atomic E-state index is 13.8. The molecule has 3 unspecified atom stereocenters. The van der Waals surface area contributed by atoms with Crippen LogP contribution < -0.4 is 14.8 Å². The van der Waals surface area contributed by atoms with Crippen molar-refractivity contribution >= 4 is 23.4 Å². The normalized spacial score (nSPS) is 22.6. The van der Waals surface area contributed by atoms with Crippen molar-refractivity contribution in [3.8, 4) is 11.5 Å². The van der Waals surface area contributed by atoms with Crippen molar-refractivity contribution in [2.75, 3.05) is 20.0 Å². The molecule has 2 heterocycles. The zero-order valence-electron chi connectivity index (χ0n) is 20.9. The zero-order valence-corrected chi connectivity index (χ0v) is 21.7. The highest BCUT2D eigenvalue weighted by Crippen LogP contribution is 2.49. The minimum atomic E-state index is -0.793. The van der Waals surface area contributed by atoms with E-state index < -0.39 is 17.8 Å². The summed E-state index contributed by atoms with van der Waals surface area (Å²) in [6.07, 6.45) is 0.904. The van der Waals surface area contributed by atoms with E-state index in [1.54, 1.807) is 6.07 Å². The van der Waals surface area contributed by atoms with Crippen LogP contribution in [0.15, 0.2) is 66.0 Å². The third kappa shape index (κ3) is 5.11. The highest BCUT2D eigenvalue weighted by atomic mass is 35.5. The number of ketones is 1. The van der Waals surface area contributed by atoms with E-state index in [9.17, 15) is 9.59 Å². The Balaban J connectivity index is 1.51. The van der Waals surface area contributed by atoms with E-state index in [4.69, 9.17) is 30.5 Å². The van der Waals surface area contributed by atoms with E-state index in [2.05, 4.69) is 11.9 Å². The van der Waals surface area contributed by atoms with Gasteiger partial charge in [-0.15, -0.1) is 0 Å². The lowest BCUT2D eigenvalue weighted by molar-refractivity contribution is -0.150. The maximum atomic E-state index is 13.8. The van der Waals surface area contributed by atoms with Gasteiger partial charge >= 0.3 is 5.97 Å². The topological polar surface area (TPSA) is 83.1 Å². The van der Waals surface area contributed by atoms with Gasteiger partial charge in [-0.2, -0.15) is 0 Å². The lowest BCUT2D eigenvalue weighted by Crippen LogP contribution is -2.42. The van der Waals surface area contributed by atoms with Crippen molar-refractivity contribution in [2.24, 2.45) is 5.92 Å². The molecule has 3 aliphatic rings. The van der Waals surface area contributed by atoms with Crippen molar-refractivity contribution in [3.63, 3.8) is 0 Å². The van der Waals surface area contributed by atoms with Gasteiger partial charge in [0.1, 0.15) is 12.5 Å². The molecule has 2 aromatic rings. The van der Waals surface area contributed by atoms with Crippen molar-refractivity contribution in [1.29, 1.82) is 0 Å². The molecule has 0 saturated carbocycles. The van der Waals surface area contributed by atoms with E-state index in [0.717, 1.165) is 16.8 Å². The number of carbonyl (C=O) groups is 2. The Morgan fingerprint density at radius 2 is 1.92 bits per heavy atom. The summed E-state index contributed by atoms with van der Waals surface area (Å²) in [4.78, 5) is 27.1. The minimum absolute atomic E-state index is 0.0324. The lowest BCUT2D eigenvalue weighted by atomic mass is 9.69. The molecule has 0 spiro atoms. The third-order valence-corrected chi connectivity index (χ3v) is 7.32. The first-order chi connectivity index (χ1) is 17.8. The van der Waals surface area contributed by atoms with Crippen molar-refractivity contribution in [3.05, 3.63) is 82.2 Å². The summed E-state index contributed by atoms with van der Waals surface area (Å²) >= 11 is 6.47. The summed E-state index contributed by atoms with van der Waals surface area (Å²) in [6.45, 7) is 8.55. The van der Waals surface area contributed by atoms with Crippen LogP contribution in [0, 0.1) is 5.92 Å². The number of hydrogen-bond donors (Lipinski definition) is 1. The first-order valence-electron chi connectivity index (χ1n) is 12.5. The summed E-state index contributed by atoms with van der Waals surface area (Å²) < 4.78 is 22.2. The Labute approximate surface area is 221 Å². The molecule has 0 fully saturated rings. The van der Waals surface area contributed by atoms with Crippen molar-refractivity contribution in [1.82, 2.24) is 5.32 Å². The number of carbonyl (C=O) groups excluding carboxylic acids is 2. The fourth-order valence-electron chi connectivity index (χ4n) is 5.34. The van der Waals surface area contributed by atoms with Gasteiger partial charge in [-0.3, -0.25) is 9.59 Å². The Hall–Kier alpha value is -3.29. The Morgan fingerprint density at radius 3 is 2.70 bits per heavy atom. The Kier molecular flexibility index (Phi) is 7.26. The second-order valence-corrected chi connectivity index (χ2v) is 10.2. The number of nitrogens with one attached hydrogen (secondary N) is 1. The van der Waals surface area contributed by atoms with Crippen LogP contribution in [0.4, 0.5) is 0 Å². The number of allylic oxidation sites excluding steroid dienone is 2. The molecular weight excluding hydrogens is 494 g/mol. The number of Topliss-reactive ketones (excluding diaryl/α,β-unsaturated/α-hetero) is 1. The van der Waals surface area contributed by atoms with Crippen LogP contribution in [0.25, 0.3) is 0 Å². The van der Waals surface area contributed by atoms with Crippen LogP contribution in [0.3, 0.4) is 0 Å². The number of hydrogen-bond acceptors (Lipinski definition) is 7.